The number of hydrogen-bond donors (Lipinski definition) is 3. The van der Waals surface area contributed by atoms with Crippen LogP contribution in [0.3, 0.4) is 0 Å². The van der Waals surface area contributed by atoms with E-state index in [9.17, 15) is 38.7 Å². The Morgan fingerprint density at radius 2 is 1.59 bits per heavy atom. The molecule has 21 heteroatoms. The number of ether oxygens (including phenoxy) is 8. The van der Waals surface area contributed by atoms with Gasteiger partial charge in [0, 0.05) is 60.8 Å². The second-order valence-electron chi connectivity index (χ2n) is 21.1. The fraction of sp³-hybridized carbons (Fsp3) is 0.377. The highest BCUT2D eigenvalue weighted by molar-refractivity contribution is 5.93. The van der Waals surface area contributed by atoms with E-state index in [0.717, 1.165) is 22.3 Å². The molecule has 0 radical (unpaired) electrons. The Morgan fingerprint density at radius 1 is 0.866 bits per heavy atom. The van der Waals surface area contributed by atoms with E-state index in [2.05, 4.69) is 10.6 Å². The van der Waals surface area contributed by atoms with Crippen LogP contribution in [0.1, 0.15) is 99.2 Å². The smallest absolute Gasteiger partial charge is 0.410 e. The molecule has 0 saturated carbocycles. The molecule has 3 amide bonds. The number of rotatable bonds is 16. The molecule has 82 heavy (non-hydrogen) atoms. The van der Waals surface area contributed by atoms with Gasteiger partial charge in [-0.15, -0.1) is 0 Å². The van der Waals surface area contributed by atoms with E-state index in [1.165, 1.54) is 29.4 Å². The zero-order valence-electron chi connectivity index (χ0n) is 46.0. The molecule has 426 valence electrons. The van der Waals surface area contributed by atoms with Crippen LogP contribution in [0.25, 0.3) is 33.4 Å². The summed E-state index contributed by atoms with van der Waals surface area (Å²) in [5.74, 6) is -2.11. The monoisotopic (exact) mass is 1120 g/mol. The lowest BCUT2D eigenvalue weighted by Crippen LogP contribution is -2.55. The van der Waals surface area contributed by atoms with Gasteiger partial charge in [-0.05, 0) is 83.8 Å². The van der Waals surface area contributed by atoms with Crippen molar-refractivity contribution >= 4 is 52.4 Å². The number of carbonyl (C=O) groups is 6. The van der Waals surface area contributed by atoms with Gasteiger partial charge in [0.1, 0.15) is 31.7 Å². The number of nitrogens with zero attached hydrogens (tertiary/aromatic N) is 3. The maximum Gasteiger partial charge on any atom is 0.410 e. The summed E-state index contributed by atoms with van der Waals surface area (Å²) in [6.07, 6.45) is -4.76. The van der Waals surface area contributed by atoms with E-state index in [0.29, 0.717) is 50.5 Å². The molecular formula is C61H61N5O16. The van der Waals surface area contributed by atoms with Gasteiger partial charge in [-0.25, -0.2) is 19.4 Å². The second-order valence-corrected chi connectivity index (χ2v) is 21.1. The lowest BCUT2D eigenvalue weighted by molar-refractivity contribution is -0.241. The van der Waals surface area contributed by atoms with Crippen molar-refractivity contribution in [1.82, 2.24) is 19.8 Å². The van der Waals surface area contributed by atoms with Gasteiger partial charge >= 0.3 is 24.1 Å². The predicted molar refractivity (Wildman–Crippen MR) is 294 cm³/mol. The van der Waals surface area contributed by atoms with E-state index in [4.69, 9.17) is 42.9 Å². The minimum Gasteiger partial charge on any atom is -0.459 e. The predicted octanol–water partition coefficient (Wildman–Crippen LogP) is 7.73. The van der Waals surface area contributed by atoms with Crippen LogP contribution < -0.4 is 30.4 Å². The topological polar surface area (TPSA) is 259 Å². The van der Waals surface area contributed by atoms with Gasteiger partial charge in [-0.3, -0.25) is 19.2 Å². The number of Topliss-reactive ketones (excluding diaryl/α,β-unsaturated/α-hetero) is 1. The Morgan fingerprint density at radius 3 is 2.28 bits per heavy atom. The number of aromatic nitrogens is 2. The molecule has 3 N–H and O–H groups in total. The molecule has 11 rings (SSSR count). The number of carbonyl (C=O) groups excluding carboxylic acids is 6. The maximum absolute atomic E-state index is 14.3. The zero-order valence-corrected chi connectivity index (χ0v) is 46.0. The summed E-state index contributed by atoms with van der Waals surface area (Å²) in [5, 5.41) is 17.7. The third-order valence-electron chi connectivity index (χ3n) is 16.3. The maximum atomic E-state index is 14.3. The summed E-state index contributed by atoms with van der Waals surface area (Å²) in [6, 6.07) is 25.8. The van der Waals surface area contributed by atoms with Crippen LogP contribution in [0.2, 0.25) is 0 Å². The third-order valence-corrected chi connectivity index (χ3v) is 16.3. The van der Waals surface area contributed by atoms with Crippen LogP contribution in [-0.2, 0) is 74.8 Å². The van der Waals surface area contributed by atoms with Crippen LogP contribution in [0, 0.1) is 11.8 Å². The number of pyridine rings is 2. The number of aliphatic hydroxyl groups is 1. The van der Waals surface area contributed by atoms with E-state index in [1.807, 2.05) is 62.4 Å². The zero-order chi connectivity index (χ0) is 57.7. The Labute approximate surface area is 470 Å². The molecule has 6 aromatic rings. The van der Waals surface area contributed by atoms with Crippen LogP contribution in [-0.4, -0.2) is 100 Å². The highest BCUT2D eigenvalue weighted by Crippen LogP contribution is 2.46. The Hall–Kier alpha value is -8.82. The molecule has 1 fully saturated rings. The molecule has 0 bridgehead atoms. The number of esters is 2. The minimum atomic E-state index is -2.04. The first-order valence-corrected chi connectivity index (χ1v) is 27.3. The molecule has 6 heterocycles. The van der Waals surface area contributed by atoms with E-state index < -0.39 is 59.7 Å². The lowest BCUT2D eigenvalue weighted by atomic mass is 9.82. The Bertz CT molecular complexity index is 3630. The highest BCUT2D eigenvalue weighted by atomic mass is 16.7. The van der Waals surface area contributed by atoms with Crippen molar-refractivity contribution in [2.75, 3.05) is 31.8 Å². The first-order chi connectivity index (χ1) is 39.5. The summed E-state index contributed by atoms with van der Waals surface area (Å²) in [6.45, 7) is 9.33. The quantitative estimate of drug-likeness (QED) is 0.0617. The van der Waals surface area contributed by atoms with Crippen molar-refractivity contribution in [2.45, 2.75) is 111 Å². The molecule has 4 aromatic carbocycles. The molecule has 2 aromatic heterocycles. The number of benzene rings is 4. The van der Waals surface area contributed by atoms with Crippen LogP contribution >= 0.6 is 0 Å². The summed E-state index contributed by atoms with van der Waals surface area (Å²) < 4.78 is 48.2. The fourth-order valence-electron chi connectivity index (χ4n) is 11.7. The first kappa shape index (κ1) is 55.1. The van der Waals surface area contributed by atoms with Gasteiger partial charge in [-0.2, -0.15) is 0 Å². The molecule has 0 unspecified atom stereocenters. The van der Waals surface area contributed by atoms with Gasteiger partial charge in [0.2, 0.25) is 19.0 Å². The molecule has 1 saturated heterocycles. The SMILES string of the molecule is CCN(Cc1c2c(nc3cc4c(cc13)OCO4)-c1cc3c(c(=O)n1C2)COC(=O)[C@]3(O)CC)C(=O)OCc1ccc(O[C@@H]2O[C@H](C(C)=O)[C@@H](C)[C@H](C)[C@H]2OC(C)=O)c(NC(=O)CCNC(=O)OCC2c3ccccc3-c3ccccc32)c1. The number of anilines is 1. The molecule has 4 aliphatic heterocycles. The second kappa shape index (κ2) is 22.3. The van der Waals surface area contributed by atoms with Crippen LogP contribution in [0.4, 0.5) is 15.3 Å². The minimum absolute atomic E-state index is 0.00842. The molecule has 1 aliphatic carbocycles. The number of fused-ring (bicyclic) bond motifs is 9. The average molecular weight is 1120 g/mol. The van der Waals surface area contributed by atoms with Crippen LogP contribution in [0.5, 0.6) is 17.2 Å². The van der Waals surface area contributed by atoms with Gasteiger partial charge in [0.25, 0.3) is 5.56 Å². The highest BCUT2D eigenvalue weighted by Gasteiger charge is 2.48. The number of cyclic esters (lactones) is 1. The van der Waals surface area contributed by atoms with Crippen LogP contribution in [0.15, 0.2) is 89.7 Å². The van der Waals surface area contributed by atoms with Crippen molar-refractivity contribution in [2.24, 2.45) is 11.8 Å². The largest absolute Gasteiger partial charge is 0.459 e. The Kier molecular flexibility index (Phi) is 15.0. The standard InChI is InChI=1S/C61H61N5O16/c1-7-61(74)45-23-48-53-42(26-66(48)56(70)44(45)29-75-58(61)71)41(40-22-50-51(79-30-78-50)24-46(40)64-53)25-65(8-2)60(73)77-27-35-17-18-49(81-57-55(80-34(6)68)32(4)31(3)54(82-57)33(5)67)47(21-35)63-52(69)19-20-62-59(72)76-28-43-38-15-11-9-13-36(38)37-14-10-12-16-39(37)43/h9-18,21-24,31-32,43,54-55,57,74H,7-8,19-20,25-30H2,1-6H3,(H,62,72)(H,63,69)/t31-,32-,54-,55+,57+,61-/m0/s1. The number of amides is 3. The van der Waals surface area contributed by atoms with Crippen molar-refractivity contribution in [3.05, 3.63) is 134 Å². The van der Waals surface area contributed by atoms with Gasteiger partial charge in [-0.1, -0.05) is 75.4 Å². The third kappa shape index (κ3) is 10.1. The summed E-state index contributed by atoms with van der Waals surface area (Å²) >= 11 is 0. The van der Waals surface area contributed by atoms with Crippen molar-refractivity contribution in [3.8, 4) is 39.8 Å². The normalized spacial score (nSPS) is 20.8. The fourth-order valence-corrected chi connectivity index (χ4v) is 11.7. The van der Waals surface area contributed by atoms with E-state index in [1.54, 1.807) is 44.2 Å². The number of alkyl carbamates (subject to hydrolysis) is 1. The van der Waals surface area contributed by atoms with Crippen molar-refractivity contribution in [1.29, 1.82) is 0 Å². The van der Waals surface area contributed by atoms with E-state index in [-0.39, 0.29) is 112 Å². The molecule has 21 nitrogen and oxygen atoms in total. The molecule has 0 spiro atoms. The number of nitrogens with one attached hydrogen (secondary N) is 2. The van der Waals surface area contributed by atoms with Gasteiger partial charge in [0.15, 0.2) is 29.0 Å². The van der Waals surface area contributed by atoms with Gasteiger partial charge < -0.3 is 63.1 Å². The van der Waals surface area contributed by atoms with Crippen molar-refractivity contribution < 1.29 is 71.8 Å². The first-order valence-electron chi connectivity index (χ1n) is 27.3. The molecule has 6 atom stereocenters. The Balaban J connectivity index is 0.826. The summed E-state index contributed by atoms with van der Waals surface area (Å²) in [4.78, 5) is 99.9. The van der Waals surface area contributed by atoms with Crippen molar-refractivity contribution in [3.63, 3.8) is 0 Å². The summed E-state index contributed by atoms with van der Waals surface area (Å²) in [7, 11) is 0. The van der Waals surface area contributed by atoms with Gasteiger partial charge in [0.05, 0.1) is 41.2 Å². The number of hydrogen-bond acceptors (Lipinski definition) is 17. The molecular weight excluding hydrogens is 1060 g/mol. The average Bonchev–Trinajstić information content (AvgIpc) is 3.31. The lowest BCUT2D eigenvalue weighted by Gasteiger charge is -2.42. The summed E-state index contributed by atoms with van der Waals surface area (Å²) in [5.41, 5.74) is 5.21. The molecule has 5 aliphatic rings. The number of ketones is 1. The van der Waals surface area contributed by atoms with E-state index >= 15 is 0 Å².